The number of halogens is 6. The second kappa shape index (κ2) is 14.0. The Kier molecular flexibility index (Phi) is 11.1. The molecule has 44 heavy (non-hydrogen) atoms. The number of benzene rings is 3. The lowest BCUT2D eigenvalue weighted by Gasteiger charge is -2.31. The van der Waals surface area contributed by atoms with Gasteiger partial charge in [0.1, 0.15) is 11.5 Å². The van der Waals surface area contributed by atoms with Crippen molar-refractivity contribution in [3.8, 4) is 22.6 Å². The fraction of sp³-hybridized carbons (Fsp3) is 0.345. The Morgan fingerprint density at radius 1 is 1.02 bits per heavy atom. The SMILES string of the molecule is CS(=O)(=O)Nc1cc(NC(=O)c2ccc(-c3ccc(C(F)(F)F)cc3)c(OCCCN3CCC(F)(F)CC3)c2)ccc1O.Cl. The molecule has 1 heterocycles. The molecular weight excluding hydrogens is 633 g/mol. The van der Waals surface area contributed by atoms with Gasteiger partial charge in [-0.25, -0.2) is 17.2 Å². The number of hydrogen-bond donors (Lipinski definition) is 3. The molecular formula is C29H31ClF5N3O5S. The molecule has 0 aromatic heterocycles. The fourth-order valence-electron chi connectivity index (χ4n) is 4.53. The molecule has 240 valence electrons. The van der Waals surface area contributed by atoms with Crippen LogP contribution in [-0.2, 0) is 16.2 Å². The van der Waals surface area contributed by atoms with Crippen LogP contribution in [0.4, 0.5) is 33.3 Å². The van der Waals surface area contributed by atoms with Crippen molar-refractivity contribution in [1.82, 2.24) is 4.90 Å². The lowest BCUT2D eigenvalue weighted by atomic mass is 10.0. The Hall–Kier alpha value is -3.62. The molecule has 0 atom stereocenters. The number of hydrogen-bond acceptors (Lipinski definition) is 6. The van der Waals surface area contributed by atoms with E-state index in [1.165, 1.54) is 48.5 Å². The molecule has 1 aliphatic rings. The molecule has 15 heteroatoms. The van der Waals surface area contributed by atoms with Crippen molar-refractivity contribution in [1.29, 1.82) is 0 Å². The minimum atomic E-state index is -4.51. The van der Waals surface area contributed by atoms with Crippen LogP contribution in [0.15, 0.2) is 60.7 Å². The summed E-state index contributed by atoms with van der Waals surface area (Å²) in [5.41, 5.74) is 0.209. The van der Waals surface area contributed by atoms with E-state index in [4.69, 9.17) is 4.74 Å². The zero-order chi connectivity index (χ0) is 31.4. The third kappa shape index (κ3) is 9.69. The second-order valence-corrected chi connectivity index (χ2v) is 12.0. The second-order valence-electron chi connectivity index (χ2n) is 10.2. The molecule has 0 saturated carbocycles. The number of nitrogens with zero attached hydrogens (tertiary/aromatic N) is 1. The third-order valence-electron chi connectivity index (χ3n) is 6.78. The van der Waals surface area contributed by atoms with Gasteiger partial charge in [-0.05, 0) is 60.5 Å². The number of phenolic OH excluding ortho intramolecular Hbond substituents is 1. The van der Waals surface area contributed by atoms with Crippen LogP contribution in [-0.4, -0.2) is 62.8 Å². The predicted octanol–water partition coefficient (Wildman–Crippen LogP) is 6.62. The van der Waals surface area contributed by atoms with Crippen molar-refractivity contribution in [2.24, 2.45) is 0 Å². The number of amides is 1. The monoisotopic (exact) mass is 663 g/mol. The Balaban J connectivity index is 0.00000529. The van der Waals surface area contributed by atoms with E-state index in [-0.39, 0.29) is 73.4 Å². The molecule has 3 aromatic carbocycles. The van der Waals surface area contributed by atoms with Crippen LogP contribution in [0.2, 0.25) is 0 Å². The highest BCUT2D eigenvalue weighted by molar-refractivity contribution is 7.92. The first-order valence-electron chi connectivity index (χ1n) is 13.3. The first-order valence-corrected chi connectivity index (χ1v) is 15.2. The molecule has 0 unspecified atom stereocenters. The molecule has 0 spiro atoms. The maximum Gasteiger partial charge on any atom is 0.416 e. The van der Waals surface area contributed by atoms with E-state index in [9.17, 15) is 40.3 Å². The number of aromatic hydroxyl groups is 1. The molecule has 0 bridgehead atoms. The Labute approximate surface area is 257 Å². The minimum absolute atomic E-state index is 0. The van der Waals surface area contributed by atoms with Gasteiger partial charge in [-0.3, -0.25) is 9.52 Å². The van der Waals surface area contributed by atoms with Crippen molar-refractivity contribution >= 4 is 39.7 Å². The molecule has 3 aromatic rings. The van der Waals surface area contributed by atoms with Crippen LogP contribution in [0.5, 0.6) is 11.5 Å². The van der Waals surface area contributed by atoms with E-state index in [0.717, 1.165) is 18.4 Å². The first-order chi connectivity index (χ1) is 20.1. The maximum absolute atomic E-state index is 13.4. The Bertz CT molecular complexity index is 1560. The van der Waals surface area contributed by atoms with E-state index >= 15 is 0 Å². The average Bonchev–Trinajstić information content (AvgIpc) is 2.92. The lowest BCUT2D eigenvalue weighted by molar-refractivity contribution is -0.137. The average molecular weight is 664 g/mol. The number of phenols is 1. The summed E-state index contributed by atoms with van der Waals surface area (Å²) in [7, 11) is -3.71. The zero-order valence-electron chi connectivity index (χ0n) is 23.5. The van der Waals surface area contributed by atoms with Crippen molar-refractivity contribution in [3.63, 3.8) is 0 Å². The van der Waals surface area contributed by atoms with Crippen molar-refractivity contribution < 1.29 is 45.0 Å². The van der Waals surface area contributed by atoms with Gasteiger partial charge in [-0.2, -0.15) is 13.2 Å². The predicted molar refractivity (Wildman–Crippen MR) is 159 cm³/mol. The van der Waals surface area contributed by atoms with Gasteiger partial charge in [0.05, 0.1) is 24.1 Å². The van der Waals surface area contributed by atoms with Crippen molar-refractivity contribution in [2.75, 3.05) is 42.5 Å². The van der Waals surface area contributed by atoms with Gasteiger partial charge in [-0.1, -0.05) is 12.1 Å². The number of ether oxygens (including phenoxy) is 1. The van der Waals surface area contributed by atoms with Crippen LogP contribution in [0.25, 0.3) is 11.1 Å². The van der Waals surface area contributed by atoms with E-state index in [1.807, 2.05) is 4.90 Å². The summed E-state index contributed by atoms with van der Waals surface area (Å²) in [4.78, 5) is 15.0. The summed E-state index contributed by atoms with van der Waals surface area (Å²) in [6.07, 6.45) is -3.55. The number of sulfonamides is 1. The summed E-state index contributed by atoms with van der Waals surface area (Å²) >= 11 is 0. The molecule has 1 amide bonds. The summed E-state index contributed by atoms with van der Waals surface area (Å²) in [5, 5.41) is 12.5. The molecule has 1 saturated heterocycles. The highest BCUT2D eigenvalue weighted by Crippen LogP contribution is 2.35. The van der Waals surface area contributed by atoms with E-state index in [1.54, 1.807) is 0 Å². The number of likely N-dealkylation sites (tertiary alicyclic amines) is 1. The molecule has 1 fully saturated rings. The molecule has 4 rings (SSSR count). The smallest absolute Gasteiger partial charge is 0.416 e. The number of piperidine rings is 1. The van der Waals surface area contributed by atoms with Gasteiger partial charge >= 0.3 is 6.18 Å². The van der Waals surface area contributed by atoms with Gasteiger partial charge in [0.25, 0.3) is 11.8 Å². The normalized spacial score (nSPS) is 15.2. The molecule has 0 radical (unpaired) electrons. The molecule has 3 N–H and O–H groups in total. The number of nitrogens with one attached hydrogen (secondary N) is 2. The topological polar surface area (TPSA) is 108 Å². The van der Waals surface area contributed by atoms with E-state index < -0.39 is 33.6 Å². The Morgan fingerprint density at radius 2 is 1.68 bits per heavy atom. The summed E-state index contributed by atoms with van der Waals surface area (Å²) in [6, 6.07) is 12.7. The largest absolute Gasteiger partial charge is 0.506 e. The van der Waals surface area contributed by atoms with E-state index in [2.05, 4.69) is 10.0 Å². The van der Waals surface area contributed by atoms with Crippen molar-refractivity contribution in [2.45, 2.75) is 31.4 Å². The van der Waals surface area contributed by atoms with Crippen LogP contribution < -0.4 is 14.8 Å². The summed E-state index contributed by atoms with van der Waals surface area (Å²) in [6.45, 7) is 1.19. The molecule has 8 nitrogen and oxygen atoms in total. The highest BCUT2D eigenvalue weighted by Gasteiger charge is 2.33. The number of carbonyl (C=O) groups is 1. The van der Waals surface area contributed by atoms with Gasteiger partial charge < -0.3 is 20.1 Å². The standard InChI is InChI=1S/C29H30F5N3O5S.ClH/c1-43(40,41)36-24-18-22(8-10-25(24)38)35-27(39)20-5-9-23(19-3-6-21(7-4-19)29(32,33)34)26(17-20)42-16-2-13-37-14-11-28(30,31)12-15-37;/h3-10,17-18,36,38H,2,11-16H2,1H3,(H,35,39);1H. The van der Waals surface area contributed by atoms with Crippen LogP contribution in [0.1, 0.15) is 35.2 Å². The number of rotatable bonds is 10. The van der Waals surface area contributed by atoms with Gasteiger partial charge in [0.2, 0.25) is 10.0 Å². The van der Waals surface area contributed by atoms with Gasteiger partial charge in [0.15, 0.2) is 0 Å². The zero-order valence-corrected chi connectivity index (χ0v) is 25.1. The van der Waals surface area contributed by atoms with Gasteiger partial charge in [-0.15, -0.1) is 12.4 Å². The molecule has 1 aliphatic heterocycles. The number of alkyl halides is 5. The highest BCUT2D eigenvalue weighted by atomic mass is 35.5. The summed E-state index contributed by atoms with van der Waals surface area (Å²) in [5.74, 6) is -3.38. The first kappa shape index (κ1) is 34.9. The van der Waals surface area contributed by atoms with Crippen LogP contribution in [0, 0.1) is 0 Å². The van der Waals surface area contributed by atoms with Crippen LogP contribution in [0.3, 0.4) is 0 Å². The number of carbonyl (C=O) groups excluding carboxylic acids is 1. The minimum Gasteiger partial charge on any atom is -0.506 e. The molecule has 0 aliphatic carbocycles. The Morgan fingerprint density at radius 3 is 2.30 bits per heavy atom. The van der Waals surface area contributed by atoms with Gasteiger partial charge in [0, 0.05) is 49.3 Å². The quantitative estimate of drug-likeness (QED) is 0.0974. The third-order valence-corrected chi connectivity index (χ3v) is 7.37. The maximum atomic E-state index is 13.4. The van der Waals surface area contributed by atoms with Crippen molar-refractivity contribution in [3.05, 3.63) is 71.8 Å². The van der Waals surface area contributed by atoms with E-state index in [0.29, 0.717) is 24.1 Å². The number of anilines is 2. The lowest BCUT2D eigenvalue weighted by Crippen LogP contribution is -2.40. The fourth-order valence-corrected chi connectivity index (χ4v) is 5.10. The van der Waals surface area contributed by atoms with Crippen LogP contribution >= 0.6 is 12.4 Å². The summed E-state index contributed by atoms with van der Waals surface area (Å²) < 4.78 is 97.4.